The Kier molecular flexibility index (Phi) is 5.76. The van der Waals surface area contributed by atoms with E-state index in [0.717, 1.165) is 12.0 Å². The van der Waals surface area contributed by atoms with Gasteiger partial charge in [-0.05, 0) is 24.1 Å². The second kappa shape index (κ2) is 7.42. The van der Waals surface area contributed by atoms with Gasteiger partial charge in [-0.1, -0.05) is 12.1 Å². The van der Waals surface area contributed by atoms with Gasteiger partial charge in [-0.15, -0.1) is 0 Å². The summed E-state index contributed by atoms with van der Waals surface area (Å²) >= 11 is 0. The molecule has 0 saturated carbocycles. The third kappa shape index (κ3) is 5.14. The largest absolute Gasteiger partial charge is 0.385 e. The molecule has 4 heteroatoms. The van der Waals surface area contributed by atoms with E-state index in [-0.39, 0.29) is 5.91 Å². The molecule has 0 aliphatic rings. The van der Waals surface area contributed by atoms with Crippen LogP contribution >= 0.6 is 0 Å². The molecule has 0 fully saturated rings. The van der Waals surface area contributed by atoms with Crippen LogP contribution in [0.1, 0.15) is 24.0 Å². The minimum absolute atomic E-state index is 0.00408. The highest BCUT2D eigenvalue weighted by Gasteiger charge is 2.01. The van der Waals surface area contributed by atoms with Crippen LogP contribution in [0.25, 0.3) is 0 Å². The summed E-state index contributed by atoms with van der Waals surface area (Å²) in [5.74, 6) is 0.00408. The monoisotopic (exact) mass is 232 g/mol. The molecule has 0 spiro atoms. The van der Waals surface area contributed by atoms with Crippen LogP contribution in [0, 0.1) is 11.3 Å². The third-order valence-electron chi connectivity index (χ3n) is 2.30. The minimum atomic E-state index is 0.00408. The van der Waals surface area contributed by atoms with Crippen molar-refractivity contribution in [3.63, 3.8) is 0 Å². The summed E-state index contributed by atoms with van der Waals surface area (Å²) in [5, 5.41) is 11.5. The Balaban J connectivity index is 2.34. The molecule has 1 amide bonds. The van der Waals surface area contributed by atoms with Gasteiger partial charge in [0.15, 0.2) is 0 Å². The van der Waals surface area contributed by atoms with E-state index in [9.17, 15) is 4.79 Å². The Morgan fingerprint density at radius 1 is 1.53 bits per heavy atom. The lowest BCUT2D eigenvalue weighted by Gasteiger charge is -2.05. The van der Waals surface area contributed by atoms with Gasteiger partial charge in [0.1, 0.15) is 0 Å². The number of carbonyl (C=O) groups excluding carboxylic acids is 1. The number of hydrogen-bond acceptors (Lipinski definition) is 3. The van der Waals surface area contributed by atoms with Crippen molar-refractivity contribution >= 4 is 5.91 Å². The lowest BCUT2D eigenvalue weighted by Crippen LogP contribution is -2.22. The van der Waals surface area contributed by atoms with E-state index < -0.39 is 0 Å². The number of benzene rings is 1. The standard InChI is InChI=1S/C13H16N2O2/c1-17-7-3-6-13(16)15-10-12-5-2-4-11(8-12)9-14/h2,4-5,8H,3,6-7,10H2,1H3,(H,15,16). The molecule has 0 aliphatic carbocycles. The summed E-state index contributed by atoms with van der Waals surface area (Å²) in [6.45, 7) is 1.05. The van der Waals surface area contributed by atoms with Gasteiger partial charge in [-0.25, -0.2) is 0 Å². The summed E-state index contributed by atoms with van der Waals surface area (Å²) in [4.78, 5) is 11.4. The van der Waals surface area contributed by atoms with Crippen molar-refractivity contribution < 1.29 is 9.53 Å². The fourth-order valence-electron chi connectivity index (χ4n) is 1.42. The van der Waals surface area contributed by atoms with E-state index in [2.05, 4.69) is 11.4 Å². The molecule has 0 saturated heterocycles. The fraction of sp³-hybridized carbons (Fsp3) is 0.385. The van der Waals surface area contributed by atoms with Crippen molar-refractivity contribution in [1.29, 1.82) is 5.26 Å². The molecule has 4 nitrogen and oxygen atoms in total. The highest BCUT2D eigenvalue weighted by atomic mass is 16.5. The molecule has 0 heterocycles. The van der Waals surface area contributed by atoms with Crippen molar-refractivity contribution in [1.82, 2.24) is 5.32 Å². The zero-order chi connectivity index (χ0) is 12.5. The van der Waals surface area contributed by atoms with Gasteiger partial charge in [0.25, 0.3) is 0 Å². The maximum absolute atomic E-state index is 11.4. The van der Waals surface area contributed by atoms with Crippen LogP contribution in [0.15, 0.2) is 24.3 Å². The number of ether oxygens (including phenoxy) is 1. The number of nitrogens with zero attached hydrogens (tertiary/aromatic N) is 1. The van der Waals surface area contributed by atoms with E-state index in [1.807, 2.05) is 12.1 Å². The highest BCUT2D eigenvalue weighted by Crippen LogP contribution is 2.03. The maximum atomic E-state index is 11.4. The predicted molar refractivity (Wildman–Crippen MR) is 64.1 cm³/mol. The highest BCUT2D eigenvalue weighted by molar-refractivity contribution is 5.75. The third-order valence-corrected chi connectivity index (χ3v) is 2.30. The van der Waals surface area contributed by atoms with E-state index in [4.69, 9.17) is 10.00 Å². The second-order valence-electron chi connectivity index (χ2n) is 3.69. The Hall–Kier alpha value is -1.86. The first kappa shape index (κ1) is 13.2. The number of nitriles is 1. The molecule has 1 N–H and O–H groups in total. The molecule has 1 aromatic carbocycles. The average Bonchev–Trinajstić information content (AvgIpc) is 2.37. The van der Waals surface area contributed by atoms with Crippen LogP contribution in [0.5, 0.6) is 0 Å². The molecular formula is C13H16N2O2. The summed E-state index contributed by atoms with van der Waals surface area (Å²) in [7, 11) is 1.62. The first-order valence-electron chi connectivity index (χ1n) is 5.51. The Labute approximate surface area is 101 Å². The van der Waals surface area contributed by atoms with Gasteiger partial charge in [-0.2, -0.15) is 5.26 Å². The second-order valence-corrected chi connectivity index (χ2v) is 3.69. The van der Waals surface area contributed by atoms with E-state index in [1.165, 1.54) is 0 Å². The lowest BCUT2D eigenvalue weighted by atomic mass is 10.1. The molecule has 90 valence electrons. The number of methoxy groups -OCH3 is 1. The Morgan fingerprint density at radius 2 is 2.35 bits per heavy atom. The van der Waals surface area contributed by atoms with E-state index in [0.29, 0.717) is 25.1 Å². The van der Waals surface area contributed by atoms with Crippen molar-refractivity contribution in [3.8, 4) is 6.07 Å². The molecular weight excluding hydrogens is 216 g/mol. The summed E-state index contributed by atoms with van der Waals surface area (Å²) in [6, 6.07) is 9.28. The van der Waals surface area contributed by atoms with Crippen molar-refractivity contribution in [2.24, 2.45) is 0 Å². The lowest BCUT2D eigenvalue weighted by molar-refractivity contribution is -0.121. The number of rotatable bonds is 6. The number of nitrogens with one attached hydrogen (secondary N) is 1. The zero-order valence-corrected chi connectivity index (χ0v) is 9.90. The summed E-state index contributed by atoms with van der Waals surface area (Å²) in [5.41, 5.74) is 1.54. The first-order valence-corrected chi connectivity index (χ1v) is 5.51. The van der Waals surface area contributed by atoms with Gasteiger partial charge in [-0.3, -0.25) is 4.79 Å². The van der Waals surface area contributed by atoms with Crippen LogP contribution in [0.4, 0.5) is 0 Å². The number of hydrogen-bond donors (Lipinski definition) is 1. The van der Waals surface area contributed by atoms with Crippen molar-refractivity contribution in [2.45, 2.75) is 19.4 Å². The summed E-state index contributed by atoms with van der Waals surface area (Å²) < 4.78 is 4.87. The van der Waals surface area contributed by atoms with Gasteiger partial charge in [0, 0.05) is 26.7 Å². The van der Waals surface area contributed by atoms with Crippen molar-refractivity contribution in [2.75, 3.05) is 13.7 Å². The molecule has 17 heavy (non-hydrogen) atoms. The maximum Gasteiger partial charge on any atom is 0.220 e. The van der Waals surface area contributed by atoms with Crippen LogP contribution in [0.2, 0.25) is 0 Å². The fourth-order valence-corrected chi connectivity index (χ4v) is 1.42. The smallest absolute Gasteiger partial charge is 0.220 e. The molecule has 0 bridgehead atoms. The normalized spacial score (nSPS) is 9.65. The first-order chi connectivity index (χ1) is 8.26. The van der Waals surface area contributed by atoms with E-state index >= 15 is 0 Å². The SMILES string of the molecule is COCCCC(=O)NCc1cccc(C#N)c1. The number of carbonyl (C=O) groups is 1. The topological polar surface area (TPSA) is 62.1 Å². The van der Waals surface area contributed by atoms with Crippen LogP contribution in [-0.2, 0) is 16.1 Å². The van der Waals surface area contributed by atoms with Gasteiger partial charge >= 0.3 is 0 Å². The van der Waals surface area contributed by atoms with Crippen LogP contribution < -0.4 is 5.32 Å². The zero-order valence-electron chi connectivity index (χ0n) is 9.90. The average molecular weight is 232 g/mol. The predicted octanol–water partition coefficient (Wildman–Crippen LogP) is 1.60. The Bertz CT molecular complexity index is 410. The van der Waals surface area contributed by atoms with Gasteiger partial charge in [0.05, 0.1) is 11.6 Å². The van der Waals surface area contributed by atoms with Crippen molar-refractivity contribution in [3.05, 3.63) is 35.4 Å². The van der Waals surface area contributed by atoms with Gasteiger partial charge < -0.3 is 10.1 Å². The minimum Gasteiger partial charge on any atom is -0.385 e. The van der Waals surface area contributed by atoms with Gasteiger partial charge in [0.2, 0.25) is 5.91 Å². The molecule has 0 unspecified atom stereocenters. The quantitative estimate of drug-likeness (QED) is 0.758. The number of amides is 1. The molecule has 0 aliphatic heterocycles. The molecule has 0 atom stereocenters. The molecule has 1 rings (SSSR count). The van der Waals surface area contributed by atoms with Crippen LogP contribution in [-0.4, -0.2) is 19.6 Å². The van der Waals surface area contributed by atoms with E-state index in [1.54, 1.807) is 19.2 Å². The summed E-state index contributed by atoms with van der Waals surface area (Å²) in [6.07, 6.45) is 1.19. The Morgan fingerprint density at radius 3 is 3.06 bits per heavy atom. The molecule has 0 radical (unpaired) electrons. The van der Waals surface area contributed by atoms with Crippen LogP contribution in [0.3, 0.4) is 0 Å². The molecule has 0 aromatic heterocycles. The molecule has 1 aromatic rings.